The fourth-order valence-electron chi connectivity index (χ4n) is 14.1. The molecule has 16 atom stereocenters. The number of unbranched alkanes of at least 4 members (excludes halogenated alkanes) is 8. The van der Waals surface area contributed by atoms with Crippen LogP contribution in [0.25, 0.3) is 0 Å². The van der Waals surface area contributed by atoms with Crippen LogP contribution in [0, 0.1) is 17.8 Å². The van der Waals surface area contributed by atoms with Crippen molar-refractivity contribution in [2.75, 3.05) is 0 Å². The topological polar surface area (TPSA) is 301 Å². The van der Waals surface area contributed by atoms with Crippen molar-refractivity contribution in [3.63, 3.8) is 0 Å². The van der Waals surface area contributed by atoms with Crippen molar-refractivity contribution in [1.82, 2.24) is 0 Å². The zero-order valence-corrected chi connectivity index (χ0v) is 54.7. The summed E-state index contributed by atoms with van der Waals surface area (Å²) < 4.78 is 53.8. The maximum absolute atomic E-state index is 13.4. The van der Waals surface area contributed by atoms with Crippen LogP contribution in [-0.2, 0) is 87.6 Å². The molecule has 1 aromatic rings. The minimum atomic E-state index is -2.46. The van der Waals surface area contributed by atoms with Gasteiger partial charge in [0.2, 0.25) is 0 Å². The first-order valence-corrected chi connectivity index (χ1v) is 31.5. The Kier molecular flexibility index (Phi) is 23.3. The second kappa shape index (κ2) is 28.9. The summed E-state index contributed by atoms with van der Waals surface area (Å²) in [5, 5.41) is 47.5. The molecule has 0 radical (unpaired) electrons. The molecule has 89 heavy (non-hydrogen) atoms. The molecule has 21 nitrogen and oxygen atoms in total. The van der Waals surface area contributed by atoms with Gasteiger partial charge in [0.15, 0.2) is 53.4 Å². The Labute approximate surface area is 523 Å². The third-order valence-electron chi connectivity index (χ3n) is 19.2. The minimum absolute atomic E-state index is 0.00651. The second-order valence-corrected chi connectivity index (χ2v) is 25.8. The molecular weight excluding hydrogens is 1150 g/mol. The Balaban J connectivity index is 0.000000287. The van der Waals surface area contributed by atoms with Gasteiger partial charge in [0.1, 0.15) is 16.8 Å². The first kappa shape index (κ1) is 71.8. The van der Waals surface area contributed by atoms with Crippen molar-refractivity contribution in [3.8, 4) is 0 Å². The summed E-state index contributed by atoms with van der Waals surface area (Å²) in [6.45, 7) is 23.8. The number of allylic oxidation sites excluding steroid dienone is 2. The van der Waals surface area contributed by atoms with Gasteiger partial charge in [-0.2, -0.15) is 0 Å². The van der Waals surface area contributed by atoms with Gasteiger partial charge in [-0.15, -0.1) is 0 Å². The molecule has 0 amide bonds. The van der Waals surface area contributed by atoms with Crippen molar-refractivity contribution >= 4 is 47.8 Å². The lowest BCUT2D eigenvalue weighted by Crippen LogP contribution is -2.64. The Morgan fingerprint density at radius 2 is 0.966 bits per heavy atom. The monoisotopic (exact) mass is 1250 g/mol. The molecule has 7 rings (SSSR count). The summed E-state index contributed by atoms with van der Waals surface area (Å²) in [6.07, 6.45) is 3.48. The van der Waals surface area contributed by atoms with Crippen LogP contribution >= 0.6 is 0 Å². The van der Waals surface area contributed by atoms with Crippen LogP contribution in [0.2, 0.25) is 0 Å². The van der Waals surface area contributed by atoms with E-state index in [9.17, 15) is 58.8 Å². The van der Waals surface area contributed by atoms with Crippen molar-refractivity contribution in [3.05, 3.63) is 81.5 Å². The van der Waals surface area contributed by atoms with Crippen LogP contribution < -0.4 is 0 Å². The summed E-state index contributed by atoms with van der Waals surface area (Å²) in [5.74, 6) is -8.49. The number of hydrogen-bond acceptors (Lipinski definition) is 21. The third-order valence-corrected chi connectivity index (χ3v) is 19.2. The number of benzene rings is 1. The first-order valence-electron chi connectivity index (χ1n) is 31.5. The van der Waals surface area contributed by atoms with Gasteiger partial charge >= 0.3 is 47.8 Å². The molecule has 0 aromatic heterocycles. The number of hydrogen-bond donors (Lipinski definition) is 4. The zero-order valence-electron chi connectivity index (χ0n) is 54.7. The maximum Gasteiger partial charge on any atom is 0.341 e. The van der Waals surface area contributed by atoms with Gasteiger partial charge in [-0.05, 0) is 122 Å². The van der Waals surface area contributed by atoms with Gasteiger partial charge in [0.05, 0.1) is 24.5 Å². The number of carbonyl (C=O) groups excluding carboxylic acids is 8. The smallest absolute Gasteiger partial charge is 0.341 e. The van der Waals surface area contributed by atoms with Crippen molar-refractivity contribution in [2.45, 2.75) is 277 Å². The summed E-state index contributed by atoms with van der Waals surface area (Å²) in [7, 11) is 0. The molecule has 0 unspecified atom stereocenters. The lowest BCUT2D eigenvalue weighted by molar-refractivity contribution is -0.213. The highest BCUT2D eigenvalue weighted by atomic mass is 16.6. The van der Waals surface area contributed by atoms with E-state index in [0.717, 1.165) is 63.9 Å². The fraction of sp³-hybridized carbons (Fsp3) is 0.676. The third kappa shape index (κ3) is 14.3. The molecule has 2 saturated carbocycles. The standard InChI is InChI=1S/C37H50O11.C31H46O10/c1-8-10-11-12-16-19-27(39)45-31-29-28(23(4)30(31)46-33(40)22(3)9-2)32-37(43,36(7,42)34(41)47-32)26(20-35(29,6)48-24(5)38)44-21-25-17-14-13-15-18-25;1-9-11-12-13-14-15-21(33)38-25-23-22(19(5)24(25)39-27(34)17(3)10-2)26-31(37,30(8,36)28(35)40-26)18(4)16-29(23,7)41-20(6)32/h9,13-15,17-18,26,29-32,42-43H,8,10-12,16,19-21H2,1-7H3;10,18,23-26,36-37H,9,11-16H2,1-8H3/b22-9-;17-10-/t26-,29-,30+,31+,32+,35+,36-,37-;18-,23+,24-,25-,26-,29-,30+,31+/m10/s1. The molecule has 2 aliphatic heterocycles. The summed E-state index contributed by atoms with van der Waals surface area (Å²) in [5.41, 5.74) is -9.50. The van der Waals surface area contributed by atoms with E-state index in [1.54, 1.807) is 74.5 Å². The number of carbonyl (C=O) groups is 8. The highest BCUT2D eigenvalue weighted by molar-refractivity contribution is 5.89. The van der Waals surface area contributed by atoms with Crippen LogP contribution in [0.15, 0.2) is 75.9 Å². The Morgan fingerprint density at radius 1 is 0.573 bits per heavy atom. The molecule has 494 valence electrons. The Bertz CT molecular complexity index is 2940. The summed E-state index contributed by atoms with van der Waals surface area (Å²) in [4.78, 5) is 104. The van der Waals surface area contributed by atoms with Gasteiger partial charge in [0.25, 0.3) is 0 Å². The van der Waals surface area contributed by atoms with E-state index >= 15 is 0 Å². The number of rotatable bonds is 23. The lowest BCUT2D eigenvalue weighted by Gasteiger charge is -2.42. The highest BCUT2D eigenvalue weighted by Gasteiger charge is 2.76. The number of esters is 8. The number of fused-ring (bicyclic) bond motifs is 6. The fourth-order valence-corrected chi connectivity index (χ4v) is 14.1. The highest BCUT2D eigenvalue weighted by Crippen LogP contribution is 2.60. The average molecular weight is 1250 g/mol. The molecule has 6 aliphatic rings. The van der Waals surface area contributed by atoms with E-state index in [1.807, 2.05) is 30.3 Å². The average Bonchev–Trinajstić information content (AvgIpc) is 1.54. The van der Waals surface area contributed by atoms with Gasteiger partial charge in [-0.1, -0.05) is 115 Å². The van der Waals surface area contributed by atoms with Gasteiger partial charge in [0, 0.05) is 44.3 Å². The predicted octanol–water partition coefficient (Wildman–Crippen LogP) is 8.65. The quantitative estimate of drug-likeness (QED) is 0.0262. The van der Waals surface area contributed by atoms with E-state index in [1.165, 1.54) is 20.8 Å². The first-order chi connectivity index (χ1) is 41.7. The van der Waals surface area contributed by atoms with E-state index in [-0.39, 0.29) is 37.9 Å². The largest absolute Gasteiger partial charge is 0.459 e. The number of aliphatic hydroxyl groups is 4. The summed E-state index contributed by atoms with van der Waals surface area (Å²) in [6, 6.07) is 9.13. The van der Waals surface area contributed by atoms with Crippen molar-refractivity contribution in [1.29, 1.82) is 0 Å². The van der Waals surface area contributed by atoms with E-state index in [4.69, 9.17) is 42.6 Å². The van der Waals surface area contributed by atoms with Crippen molar-refractivity contribution < 1.29 is 101 Å². The minimum Gasteiger partial charge on any atom is -0.459 e. The number of ether oxygens (including phenoxy) is 9. The lowest BCUT2D eigenvalue weighted by atomic mass is 9.71. The second-order valence-electron chi connectivity index (χ2n) is 25.8. The zero-order chi connectivity index (χ0) is 66.4. The molecule has 4 N–H and O–H groups in total. The molecular formula is C68H96O21. The normalized spacial score (nSPS) is 34.7. The molecule has 4 aliphatic carbocycles. The molecule has 0 spiro atoms. The molecule has 4 fully saturated rings. The van der Waals surface area contributed by atoms with Crippen LogP contribution in [0.1, 0.15) is 199 Å². The van der Waals surface area contributed by atoms with Crippen LogP contribution in [0.4, 0.5) is 0 Å². The predicted molar refractivity (Wildman–Crippen MR) is 322 cm³/mol. The molecule has 2 heterocycles. The molecule has 2 saturated heterocycles. The SMILES string of the molecule is C/C=C(/C)C(=O)O[C@H]1C(C)=C2[C@H]([C@@H]1OC(=O)CCCCCCC)[C@@](C)(OC(C)=O)C[C@@H](OCc1ccccc1)[C@@]1(O)[C@H]2OC(=O)[C@@]1(C)O.C/C=C(/C)C(=O)O[C@H]1C(C)=C2[C@H]([C@@H]1OC(=O)CCCCCCC)[C@@](C)(OC(C)=O)C[C@H](C)[C@@]1(O)[C@H]2OC(=O)[C@@]1(C)O. The van der Waals surface area contributed by atoms with E-state index in [2.05, 4.69) is 13.8 Å². The Hall–Kier alpha value is -6.26. The van der Waals surface area contributed by atoms with Crippen LogP contribution in [-0.4, -0.2) is 145 Å². The van der Waals surface area contributed by atoms with Crippen LogP contribution in [0.3, 0.4) is 0 Å². The molecule has 1 aromatic carbocycles. The molecule has 0 bridgehead atoms. The van der Waals surface area contributed by atoms with E-state index < -0.39 is 142 Å². The van der Waals surface area contributed by atoms with Gasteiger partial charge in [-0.3, -0.25) is 19.2 Å². The molecule has 21 heteroatoms. The summed E-state index contributed by atoms with van der Waals surface area (Å²) >= 11 is 0. The van der Waals surface area contributed by atoms with E-state index in [0.29, 0.717) is 40.7 Å². The van der Waals surface area contributed by atoms with Crippen molar-refractivity contribution in [2.24, 2.45) is 17.8 Å². The van der Waals surface area contributed by atoms with Crippen LogP contribution in [0.5, 0.6) is 0 Å². The maximum atomic E-state index is 13.4. The van der Waals surface area contributed by atoms with Gasteiger partial charge < -0.3 is 63.1 Å². The van der Waals surface area contributed by atoms with Gasteiger partial charge in [-0.25, -0.2) is 19.2 Å². The Morgan fingerprint density at radius 3 is 1.37 bits per heavy atom.